The summed E-state index contributed by atoms with van der Waals surface area (Å²) in [5, 5.41) is 0. The molecule has 0 aliphatic rings. The summed E-state index contributed by atoms with van der Waals surface area (Å²) in [6, 6.07) is 0.0742. The van der Waals surface area contributed by atoms with E-state index in [0.717, 1.165) is 0 Å². The predicted octanol–water partition coefficient (Wildman–Crippen LogP) is 3.31. The number of alkyl halides is 2. The lowest BCUT2D eigenvalue weighted by Crippen LogP contribution is -2.37. The Morgan fingerprint density at radius 3 is 2.06 bits per heavy atom. The second-order valence-corrected chi connectivity index (χ2v) is 4.83. The Hall–Kier alpha value is -0.670. The Balaban J connectivity index is 4.10. The zero-order valence-corrected chi connectivity index (χ0v) is 10.9. The number of rotatable bonds is 6. The molecule has 96 valence electrons. The van der Waals surface area contributed by atoms with Crippen molar-refractivity contribution in [2.24, 2.45) is 5.92 Å². The molecule has 1 amide bonds. The molecule has 0 atom stereocenters. The van der Waals surface area contributed by atoms with Crippen LogP contribution in [-0.4, -0.2) is 29.3 Å². The Labute approximate surface area is 97.0 Å². The molecular weight excluding hydrogens is 212 g/mol. The van der Waals surface area contributed by atoms with E-state index in [9.17, 15) is 13.6 Å². The van der Waals surface area contributed by atoms with Gasteiger partial charge in [0.2, 0.25) is 11.8 Å². The van der Waals surface area contributed by atoms with Crippen LogP contribution >= 0.6 is 0 Å². The van der Waals surface area contributed by atoms with Crippen molar-refractivity contribution < 1.29 is 13.6 Å². The van der Waals surface area contributed by atoms with E-state index in [1.807, 2.05) is 13.8 Å². The van der Waals surface area contributed by atoms with Crippen molar-refractivity contribution in [1.29, 1.82) is 0 Å². The monoisotopic (exact) mass is 235 g/mol. The molecule has 0 bridgehead atoms. The molecule has 0 aliphatic carbocycles. The van der Waals surface area contributed by atoms with E-state index in [2.05, 4.69) is 0 Å². The summed E-state index contributed by atoms with van der Waals surface area (Å²) in [4.78, 5) is 12.8. The molecule has 16 heavy (non-hydrogen) atoms. The fourth-order valence-corrected chi connectivity index (χ4v) is 1.55. The van der Waals surface area contributed by atoms with Gasteiger partial charge < -0.3 is 4.90 Å². The first kappa shape index (κ1) is 15.3. The van der Waals surface area contributed by atoms with Crippen molar-refractivity contribution in [3.05, 3.63) is 0 Å². The van der Waals surface area contributed by atoms with Crippen LogP contribution in [0.1, 0.15) is 47.5 Å². The van der Waals surface area contributed by atoms with Crippen LogP contribution in [0.3, 0.4) is 0 Å². The number of amides is 1. The van der Waals surface area contributed by atoms with Gasteiger partial charge in [-0.05, 0) is 20.3 Å². The highest BCUT2D eigenvalue weighted by molar-refractivity contribution is 5.73. The molecular formula is C12H23F2NO. The van der Waals surface area contributed by atoms with Crippen LogP contribution in [0, 0.1) is 5.92 Å². The summed E-state index contributed by atoms with van der Waals surface area (Å²) in [6.45, 7) is 8.70. The lowest BCUT2D eigenvalue weighted by atomic mass is 10.0. The Bertz CT molecular complexity index is 227. The molecule has 0 rings (SSSR count). The van der Waals surface area contributed by atoms with Gasteiger partial charge in [-0.3, -0.25) is 4.79 Å². The predicted molar refractivity (Wildman–Crippen MR) is 61.5 cm³/mol. The third-order valence-electron chi connectivity index (χ3n) is 2.78. The number of carbonyl (C=O) groups excluding carboxylic acids is 1. The molecule has 0 aromatic carbocycles. The molecule has 4 heteroatoms. The van der Waals surface area contributed by atoms with Crippen LogP contribution in [0.2, 0.25) is 0 Å². The highest BCUT2D eigenvalue weighted by atomic mass is 19.3. The summed E-state index contributed by atoms with van der Waals surface area (Å²) < 4.78 is 26.6. The van der Waals surface area contributed by atoms with E-state index in [0.29, 0.717) is 13.0 Å². The second kappa shape index (κ2) is 6.16. The topological polar surface area (TPSA) is 20.3 Å². The first-order chi connectivity index (χ1) is 7.18. The van der Waals surface area contributed by atoms with E-state index in [4.69, 9.17) is 0 Å². The lowest BCUT2D eigenvalue weighted by Gasteiger charge is -2.27. The largest absolute Gasteiger partial charge is 0.341 e. The highest BCUT2D eigenvalue weighted by Crippen LogP contribution is 2.29. The van der Waals surface area contributed by atoms with Crippen molar-refractivity contribution in [2.45, 2.75) is 59.4 Å². The number of halogens is 2. The van der Waals surface area contributed by atoms with E-state index >= 15 is 0 Å². The average molecular weight is 235 g/mol. The number of carbonyl (C=O) groups is 1. The Kier molecular flexibility index (Phi) is 5.90. The van der Waals surface area contributed by atoms with Gasteiger partial charge >= 0.3 is 0 Å². The molecule has 0 fully saturated rings. The van der Waals surface area contributed by atoms with Crippen LogP contribution in [0.15, 0.2) is 0 Å². The fourth-order valence-electron chi connectivity index (χ4n) is 1.55. The standard InChI is InChI=1S/C12H23F2NO/c1-9(2)12(13,14)7-6-8-15(10(3)4)11(5)16/h9-10H,6-8H2,1-5H3. The summed E-state index contributed by atoms with van der Waals surface area (Å²) in [7, 11) is 0. The second-order valence-electron chi connectivity index (χ2n) is 4.83. The minimum atomic E-state index is -2.63. The normalized spacial score (nSPS) is 12.3. The van der Waals surface area contributed by atoms with Crippen LogP contribution in [0.4, 0.5) is 8.78 Å². The average Bonchev–Trinajstić information content (AvgIpc) is 2.10. The van der Waals surface area contributed by atoms with Gasteiger partial charge in [0.05, 0.1) is 0 Å². The molecule has 0 N–H and O–H groups in total. The summed E-state index contributed by atoms with van der Waals surface area (Å²) >= 11 is 0. The smallest absolute Gasteiger partial charge is 0.250 e. The maximum absolute atomic E-state index is 13.3. The van der Waals surface area contributed by atoms with Crippen molar-refractivity contribution in [2.75, 3.05) is 6.54 Å². The van der Waals surface area contributed by atoms with Crippen molar-refractivity contribution in [1.82, 2.24) is 4.90 Å². The van der Waals surface area contributed by atoms with Crippen LogP contribution in [0.5, 0.6) is 0 Å². The SMILES string of the molecule is CC(=O)N(CCCC(F)(F)C(C)C)C(C)C. The number of hydrogen-bond acceptors (Lipinski definition) is 1. The van der Waals surface area contributed by atoms with Gasteiger partial charge in [0.1, 0.15) is 0 Å². The Morgan fingerprint density at radius 1 is 1.25 bits per heavy atom. The van der Waals surface area contributed by atoms with Crippen molar-refractivity contribution in [3.63, 3.8) is 0 Å². The third kappa shape index (κ3) is 4.90. The van der Waals surface area contributed by atoms with Gasteiger partial charge in [-0.1, -0.05) is 13.8 Å². The van der Waals surface area contributed by atoms with Gasteiger partial charge in [-0.25, -0.2) is 8.78 Å². The first-order valence-corrected chi connectivity index (χ1v) is 5.83. The molecule has 0 radical (unpaired) electrons. The van der Waals surface area contributed by atoms with Crippen molar-refractivity contribution in [3.8, 4) is 0 Å². The lowest BCUT2D eigenvalue weighted by molar-refractivity contribution is -0.131. The van der Waals surface area contributed by atoms with Crippen LogP contribution < -0.4 is 0 Å². The van der Waals surface area contributed by atoms with E-state index in [-0.39, 0.29) is 18.4 Å². The first-order valence-electron chi connectivity index (χ1n) is 5.83. The molecule has 0 unspecified atom stereocenters. The minimum Gasteiger partial charge on any atom is -0.341 e. The quantitative estimate of drug-likeness (QED) is 0.691. The van der Waals surface area contributed by atoms with Gasteiger partial charge in [-0.2, -0.15) is 0 Å². The molecule has 0 aliphatic heterocycles. The number of hydrogen-bond donors (Lipinski definition) is 0. The van der Waals surface area contributed by atoms with E-state index in [1.54, 1.807) is 4.90 Å². The third-order valence-corrected chi connectivity index (χ3v) is 2.78. The molecule has 0 saturated heterocycles. The van der Waals surface area contributed by atoms with E-state index in [1.165, 1.54) is 20.8 Å². The zero-order chi connectivity index (χ0) is 12.9. The molecule has 2 nitrogen and oxygen atoms in total. The maximum Gasteiger partial charge on any atom is 0.250 e. The highest BCUT2D eigenvalue weighted by Gasteiger charge is 2.32. The van der Waals surface area contributed by atoms with Crippen LogP contribution in [0.25, 0.3) is 0 Å². The van der Waals surface area contributed by atoms with Gasteiger partial charge in [0, 0.05) is 31.8 Å². The molecule has 0 heterocycles. The minimum absolute atomic E-state index is 0.0529. The summed E-state index contributed by atoms with van der Waals surface area (Å²) in [6.07, 6.45) is 0.199. The summed E-state index contributed by atoms with van der Waals surface area (Å²) in [5.41, 5.74) is 0. The van der Waals surface area contributed by atoms with Gasteiger partial charge in [0.15, 0.2) is 0 Å². The molecule has 0 aromatic heterocycles. The van der Waals surface area contributed by atoms with Gasteiger partial charge in [0.25, 0.3) is 0 Å². The van der Waals surface area contributed by atoms with E-state index < -0.39 is 11.8 Å². The fraction of sp³-hybridized carbons (Fsp3) is 0.917. The van der Waals surface area contributed by atoms with Crippen LogP contribution in [-0.2, 0) is 4.79 Å². The zero-order valence-electron chi connectivity index (χ0n) is 10.9. The van der Waals surface area contributed by atoms with Gasteiger partial charge in [-0.15, -0.1) is 0 Å². The molecule has 0 spiro atoms. The summed E-state index contributed by atoms with van der Waals surface area (Å²) in [5.74, 6) is -3.32. The van der Waals surface area contributed by atoms with Crippen molar-refractivity contribution >= 4 is 5.91 Å². The maximum atomic E-state index is 13.3. The number of nitrogens with zero attached hydrogens (tertiary/aromatic N) is 1. The Morgan fingerprint density at radius 2 is 1.75 bits per heavy atom. The molecule has 0 aromatic rings. The molecule has 0 saturated carbocycles.